The Morgan fingerprint density at radius 3 is 3.18 bits per heavy atom. The Bertz CT molecular complexity index is 497. The van der Waals surface area contributed by atoms with Crippen molar-refractivity contribution in [1.29, 1.82) is 0 Å². The number of carbonyl (C=O) groups excluding carboxylic acids is 1. The SMILES string of the molecule is O=C1NC2CCCC3COc4cccc1c4C32. The summed E-state index contributed by atoms with van der Waals surface area (Å²) in [6, 6.07) is 6.17. The molecular formula is C14H15NO2. The van der Waals surface area contributed by atoms with Gasteiger partial charge in [-0.1, -0.05) is 12.5 Å². The van der Waals surface area contributed by atoms with Gasteiger partial charge in [0.2, 0.25) is 0 Å². The zero-order valence-electron chi connectivity index (χ0n) is 9.61. The van der Waals surface area contributed by atoms with Crippen LogP contribution >= 0.6 is 0 Å². The Hall–Kier alpha value is -1.51. The third-order valence-electron chi connectivity index (χ3n) is 4.44. The molecule has 1 aromatic rings. The molecule has 1 aromatic carbocycles. The van der Waals surface area contributed by atoms with Crippen molar-refractivity contribution in [3.8, 4) is 5.75 Å². The van der Waals surface area contributed by atoms with Gasteiger partial charge in [0, 0.05) is 29.0 Å². The van der Waals surface area contributed by atoms with Crippen LogP contribution in [0.2, 0.25) is 0 Å². The fourth-order valence-corrected chi connectivity index (χ4v) is 3.73. The van der Waals surface area contributed by atoms with Crippen molar-refractivity contribution < 1.29 is 9.53 Å². The molecule has 0 saturated heterocycles. The predicted octanol–water partition coefficient (Wildman–Crippen LogP) is 2.07. The van der Waals surface area contributed by atoms with Gasteiger partial charge in [-0.3, -0.25) is 4.79 Å². The summed E-state index contributed by atoms with van der Waals surface area (Å²) >= 11 is 0. The number of nitrogens with one attached hydrogen (secondary N) is 1. The van der Waals surface area contributed by atoms with Gasteiger partial charge >= 0.3 is 0 Å². The highest BCUT2D eigenvalue weighted by Crippen LogP contribution is 2.48. The number of carbonyl (C=O) groups is 1. The van der Waals surface area contributed by atoms with E-state index in [4.69, 9.17) is 4.74 Å². The van der Waals surface area contributed by atoms with Crippen LogP contribution in [0.4, 0.5) is 0 Å². The van der Waals surface area contributed by atoms with Crippen LogP contribution in [0.1, 0.15) is 41.1 Å². The van der Waals surface area contributed by atoms with E-state index in [2.05, 4.69) is 5.32 Å². The Morgan fingerprint density at radius 1 is 1.29 bits per heavy atom. The lowest BCUT2D eigenvalue weighted by Crippen LogP contribution is -2.51. The molecule has 3 nitrogen and oxygen atoms in total. The van der Waals surface area contributed by atoms with E-state index in [1.807, 2.05) is 18.2 Å². The van der Waals surface area contributed by atoms with Crippen molar-refractivity contribution in [1.82, 2.24) is 5.32 Å². The Labute approximate surface area is 100 Å². The first-order chi connectivity index (χ1) is 8.34. The minimum Gasteiger partial charge on any atom is -0.493 e. The van der Waals surface area contributed by atoms with Gasteiger partial charge in [-0.25, -0.2) is 0 Å². The molecule has 1 aliphatic carbocycles. The largest absolute Gasteiger partial charge is 0.493 e. The van der Waals surface area contributed by atoms with Crippen molar-refractivity contribution in [2.24, 2.45) is 5.92 Å². The molecule has 17 heavy (non-hydrogen) atoms. The molecule has 0 radical (unpaired) electrons. The van der Waals surface area contributed by atoms with E-state index in [0.29, 0.717) is 17.9 Å². The highest BCUT2D eigenvalue weighted by molar-refractivity contribution is 5.98. The van der Waals surface area contributed by atoms with Crippen LogP contribution in [-0.2, 0) is 0 Å². The highest BCUT2D eigenvalue weighted by Gasteiger charge is 2.44. The van der Waals surface area contributed by atoms with Crippen molar-refractivity contribution in [3.63, 3.8) is 0 Å². The molecule has 3 aliphatic rings. The number of ether oxygens (including phenoxy) is 1. The molecular weight excluding hydrogens is 214 g/mol. The standard InChI is InChI=1S/C14H15NO2/c16-14-9-4-2-6-11-13(9)12-8(7-17-11)3-1-5-10(12)15-14/h2,4,6,8,10,12H,1,3,5,7H2,(H,15,16). The van der Waals surface area contributed by atoms with Gasteiger partial charge < -0.3 is 10.1 Å². The van der Waals surface area contributed by atoms with Crippen molar-refractivity contribution in [2.75, 3.05) is 6.61 Å². The topological polar surface area (TPSA) is 38.3 Å². The second-order valence-electron chi connectivity index (χ2n) is 5.33. The molecule has 3 atom stereocenters. The third kappa shape index (κ3) is 1.20. The molecule has 1 amide bonds. The van der Waals surface area contributed by atoms with E-state index in [1.54, 1.807) is 0 Å². The number of hydrogen-bond donors (Lipinski definition) is 1. The van der Waals surface area contributed by atoms with Crippen LogP contribution in [-0.4, -0.2) is 18.6 Å². The summed E-state index contributed by atoms with van der Waals surface area (Å²) < 4.78 is 5.82. The van der Waals surface area contributed by atoms with Crippen LogP contribution in [0.3, 0.4) is 0 Å². The lowest BCUT2D eigenvalue weighted by Gasteiger charge is -2.45. The Balaban J connectivity index is 1.95. The number of amides is 1. The fraction of sp³-hybridized carbons (Fsp3) is 0.500. The van der Waals surface area contributed by atoms with Crippen molar-refractivity contribution in [2.45, 2.75) is 31.2 Å². The summed E-state index contributed by atoms with van der Waals surface area (Å²) in [7, 11) is 0. The van der Waals surface area contributed by atoms with Crippen LogP contribution in [0.5, 0.6) is 5.75 Å². The van der Waals surface area contributed by atoms with Gasteiger partial charge in [-0.2, -0.15) is 0 Å². The maximum Gasteiger partial charge on any atom is 0.251 e. The van der Waals surface area contributed by atoms with Crippen molar-refractivity contribution in [3.05, 3.63) is 29.3 Å². The second kappa shape index (κ2) is 3.25. The molecule has 2 heterocycles. The van der Waals surface area contributed by atoms with Crippen molar-refractivity contribution >= 4 is 5.91 Å². The van der Waals surface area contributed by atoms with Gasteiger partial charge in [-0.15, -0.1) is 0 Å². The quantitative estimate of drug-likeness (QED) is 0.739. The summed E-state index contributed by atoms with van der Waals surface area (Å²) in [5, 5.41) is 3.17. The first-order valence-electron chi connectivity index (χ1n) is 6.41. The number of hydrogen-bond acceptors (Lipinski definition) is 2. The van der Waals surface area contributed by atoms with Crippen LogP contribution in [0, 0.1) is 5.92 Å². The van der Waals surface area contributed by atoms with E-state index >= 15 is 0 Å². The monoisotopic (exact) mass is 229 g/mol. The molecule has 3 heteroatoms. The smallest absolute Gasteiger partial charge is 0.251 e. The number of benzene rings is 1. The molecule has 0 spiro atoms. The first-order valence-corrected chi connectivity index (χ1v) is 6.41. The molecule has 1 N–H and O–H groups in total. The molecule has 1 saturated carbocycles. The van der Waals surface area contributed by atoms with Crippen LogP contribution in [0.25, 0.3) is 0 Å². The summed E-state index contributed by atoms with van der Waals surface area (Å²) in [5.74, 6) is 2.09. The van der Waals surface area contributed by atoms with E-state index in [0.717, 1.165) is 24.3 Å². The average Bonchev–Trinajstić information content (AvgIpc) is 2.37. The van der Waals surface area contributed by atoms with Gasteiger partial charge in [-0.05, 0) is 25.0 Å². The van der Waals surface area contributed by atoms with Crippen LogP contribution in [0.15, 0.2) is 18.2 Å². The normalized spacial score (nSPS) is 33.4. The van der Waals surface area contributed by atoms with Gasteiger partial charge in [0.25, 0.3) is 5.91 Å². The maximum absolute atomic E-state index is 12.1. The highest BCUT2D eigenvalue weighted by atomic mass is 16.5. The number of rotatable bonds is 0. The minimum absolute atomic E-state index is 0.0780. The Kier molecular flexibility index (Phi) is 1.82. The lowest BCUT2D eigenvalue weighted by molar-refractivity contribution is 0.0807. The summed E-state index contributed by atoms with van der Waals surface area (Å²) in [6.45, 7) is 0.813. The predicted molar refractivity (Wildman–Crippen MR) is 63.3 cm³/mol. The van der Waals surface area contributed by atoms with Gasteiger partial charge in [0.15, 0.2) is 0 Å². The molecule has 0 aromatic heterocycles. The molecule has 2 aliphatic heterocycles. The van der Waals surface area contributed by atoms with Gasteiger partial charge in [0.1, 0.15) is 5.75 Å². The van der Waals surface area contributed by atoms with E-state index in [9.17, 15) is 4.79 Å². The zero-order chi connectivity index (χ0) is 11.4. The maximum atomic E-state index is 12.1. The van der Waals surface area contributed by atoms with Crippen LogP contribution < -0.4 is 10.1 Å². The summed E-state index contributed by atoms with van der Waals surface area (Å²) in [6.07, 6.45) is 3.54. The molecule has 3 unspecified atom stereocenters. The molecule has 1 fully saturated rings. The summed E-state index contributed by atoms with van der Waals surface area (Å²) in [4.78, 5) is 12.1. The zero-order valence-corrected chi connectivity index (χ0v) is 9.61. The van der Waals surface area contributed by atoms with E-state index in [1.165, 1.54) is 18.4 Å². The minimum atomic E-state index is 0.0780. The molecule has 4 rings (SSSR count). The fourth-order valence-electron chi connectivity index (χ4n) is 3.73. The molecule has 0 bridgehead atoms. The van der Waals surface area contributed by atoms with E-state index in [-0.39, 0.29) is 5.91 Å². The van der Waals surface area contributed by atoms with Gasteiger partial charge in [0.05, 0.1) is 6.61 Å². The first kappa shape index (κ1) is 9.51. The summed E-state index contributed by atoms with van der Waals surface area (Å²) in [5.41, 5.74) is 2.01. The average molecular weight is 229 g/mol. The Morgan fingerprint density at radius 2 is 2.24 bits per heavy atom. The van der Waals surface area contributed by atoms with E-state index < -0.39 is 0 Å². The third-order valence-corrected chi connectivity index (χ3v) is 4.44. The second-order valence-corrected chi connectivity index (χ2v) is 5.33. The lowest BCUT2D eigenvalue weighted by atomic mass is 9.68. The molecule has 88 valence electrons.